The van der Waals surface area contributed by atoms with Gasteiger partial charge in [-0.05, 0) is 46.4 Å². The van der Waals surface area contributed by atoms with Crippen LogP contribution in [-0.2, 0) is 17.6 Å². The summed E-state index contributed by atoms with van der Waals surface area (Å²) in [5.74, 6) is 0.128. The van der Waals surface area contributed by atoms with Crippen molar-refractivity contribution in [2.75, 3.05) is 5.32 Å². The van der Waals surface area contributed by atoms with E-state index in [-0.39, 0.29) is 17.3 Å². The molecular formula is C29H20Cl3N3O2. The van der Waals surface area contributed by atoms with Crippen LogP contribution in [0, 0.1) is 11.3 Å². The van der Waals surface area contributed by atoms with Crippen molar-refractivity contribution in [2.45, 2.75) is 24.3 Å². The van der Waals surface area contributed by atoms with Gasteiger partial charge in [-0.2, -0.15) is 5.26 Å². The Morgan fingerprint density at radius 2 is 1.84 bits per heavy atom. The highest BCUT2D eigenvalue weighted by Crippen LogP contribution is 2.45. The van der Waals surface area contributed by atoms with Crippen LogP contribution < -0.4 is 5.32 Å². The van der Waals surface area contributed by atoms with Crippen LogP contribution in [0.4, 0.5) is 10.6 Å². The minimum absolute atomic E-state index is 0.00516. The fourth-order valence-electron chi connectivity index (χ4n) is 4.68. The van der Waals surface area contributed by atoms with Crippen LogP contribution in [-0.4, -0.2) is 16.6 Å². The first kappa shape index (κ1) is 25.1. The molecule has 1 aliphatic carbocycles. The predicted octanol–water partition coefficient (Wildman–Crippen LogP) is 7.97. The van der Waals surface area contributed by atoms with E-state index in [0.29, 0.717) is 22.9 Å². The Morgan fingerprint density at radius 3 is 2.59 bits per heavy atom. The number of nitriles is 1. The molecule has 0 aliphatic heterocycles. The Balaban J connectivity index is 1.43. The van der Waals surface area contributed by atoms with Gasteiger partial charge in [-0.25, -0.2) is 9.78 Å². The highest BCUT2D eigenvalue weighted by Gasteiger charge is 2.30. The summed E-state index contributed by atoms with van der Waals surface area (Å²) in [5, 5.41) is 13.7. The predicted molar refractivity (Wildman–Crippen MR) is 146 cm³/mol. The SMILES string of the molecule is N#Cc1c(NC(=O)OC(Cl)Cc2ccccc2)ncc2c1-c1ccccc1C(c1ccc(Cl)c(Cl)c1)C2. The third-order valence-electron chi connectivity index (χ3n) is 6.34. The van der Waals surface area contributed by atoms with E-state index in [0.717, 1.165) is 33.4 Å². The second-order valence-electron chi connectivity index (χ2n) is 8.64. The topological polar surface area (TPSA) is 75.0 Å². The van der Waals surface area contributed by atoms with Gasteiger partial charge in [-0.3, -0.25) is 5.32 Å². The monoisotopic (exact) mass is 547 g/mol. The van der Waals surface area contributed by atoms with E-state index in [1.54, 1.807) is 12.3 Å². The quantitative estimate of drug-likeness (QED) is 0.257. The van der Waals surface area contributed by atoms with Gasteiger partial charge in [0.25, 0.3) is 0 Å². The molecule has 184 valence electrons. The number of halogens is 3. The van der Waals surface area contributed by atoms with Crippen LogP contribution in [0.25, 0.3) is 11.1 Å². The number of fused-ring (bicyclic) bond motifs is 3. The lowest BCUT2D eigenvalue weighted by molar-refractivity contribution is 0.147. The van der Waals surface area contributed by atoms with Crippen molar-refractivity contribution < 1.29 is 9.53 Å². The standard InChI is InChI=1S/C29H20Cl3N3O2/c30-24-11-10-18(14-25(24)31)22-13-19-16-34-28(23(15-33)27(19)21-9-5-4-8-20(21)22)35-29(36)37-26(32)12-17-6-2-1-3-7-17/h1-11,14,16,22,26H,12-13H2,(H,34,35,36). The fraction of sp³-hybridized carbons (Fsp3) is 0.138. The molecule has 0 saturated carbocycles. The first-order valence-corrected chi connectivity index (χ1v) is 12.8. The largest absolute Gasteiger partial charge is 0.429 e. The number of carbonyl (C=O) groups is 1. The van der Waals surface area contributed by atoms with Crippen molar-refractivity contribution in [1.29, 1.82) is 5.26 Å². The molecule has 1 heterocycles. The van der Waals surface area contributed by atoms with Gasteiger partial charge in [0.15, 0.2) is 11.4 Å². The van der Waals surface area contributed by atoms with Crippen LogP contribution in [0.2, 0.25) is 10.0 Å². The Labute approximate surface area is 229 Å². The van der Waals surface area contributed by atoms with Crippen molar-refractivity contribution in [2.24, 2.45) is 0 Å². The van der Waals surface area contributed by atoms with E-state index >= 15 is 0 Å². The second kappa shape index (κ2) is 10.8. The van der Waals surface area contributed by atoms with Crippen molar-refractivity contribution in [3.8, 4) is 17.2 Å². The Bertz CT molecular complexity index is 1520. The smallest absolute Gasteiger partial charge is 0.414 e. The number of rotatable bonds is 5. The maximum atomic E-state index is 12.6. The zero-order chi connectivity index (χ0) is 25.9. The van der Waals surface area contributed by atoms with E-state index in [4.69, 9.17) is 39.5 Å². The van der Waals surface area contributed by atoms with Crippen LogP contribution in [0.15, 0.2) is 79.0 Å². The summed E-state index contributed by atoms with van der Waals surface area (Å²) in [6.07, 6.45) is 1.87. The highest BCUT2D eigenvalue weighted by atomic mass is 35.5. The molecule has 4 aromatic rings. The summed E-state index contributed by atoms with van der Waals surface area (Å²) >= 11 is 18.7. The third kappa shape index (κ3) is 5.28. The molecule has 0 fully saturated rings. The van der Waals surface area contributed by atoms with E-state index in [1.807, 2.05) is 66.7 Å². The molecule has 0 spiro atoms. The van der Waals surface area contributed by atoms with E-state index in [9.17, 15) is 10.1 Å². The Hall–Kier alpha value is -3.56. The minimum atomic E-state index is -0.877. The van der Waals surface area contributed by atoms with E-state index in [1.165, 1.54) is 0 Å². The molecule has 1 N–H and O–H groups in total. The summed E-state index contributed by atoms with van der Waals surface area (Å²) in [4.78, 5) is 17.0. The molecule has 0 saturated heterocycles. The van der Waals surface area contributed by atoms with Gasteiger partial charge < -0.3 is 4.74 Å². The number of amides is 1. The number of pyridine rings is 1. The number of hydrogen-bond acceptors (Lipinski definition) is 4. The second-order valence-corrected chi connectivity index (χ2v) is 9.94. The van der Waals surface area contributed by atoms with Crippen LogP contribution >= 0.6 is 34.8 Å². The summed E-state index contributed by atoms with van der Waals surface area (Å²) in [5.41, 5.74) is 4.93. The number of nitrogens with one attached hydrogen (secondary N) is 1. The van der Waals surface area contributed by atoms with Crippen molar-refractivity contribution in [3.63, 3.8) is 0 Å². The number of nitrogens with zero attached hydrogens (tertiary/aromatic N) is 2. The molecule has 0 radical (unpaired) electrons. The number of carbonyl (C=O) groups excluding carboxylic acids is 1. The molecule has 2 unspecified atom stereocenters. The molecule has 5 rings (SSSR count). The van der Waals surface area contributed by atoms with Gasteiger partial charge in [-0.15, -0.1) is 0 Å². The minimum Gasteiger partial charge on any atom is -0.429 e. The lowest BCUT2D eigenvalue weighted by atomic mass is 9.75. The number of alkyl halides is 1. The Morgan fingerprint density at radius 1 is 1.08 bits per heavy atom. The van der Waals surface area contributed by atoms with Crippen molar-refractivity contribution in [3.05, 3.63) is 117 Å². The maximum Gasteiger partial charge on any atom is 0.414 e. The van der Waals surface area contributed by atoms with Crippen LogP contribution in [0.1, 0.15) is 33.7 Å². The van der Waals surface area contributed by atoms with Gasteiger partial charge in [-0.1, -0.05) is 95.5 Å². The molecule has 1 aliphatic rings. The van der Waals surface area contributed by atoms with Gasteiger partial charge in [0.05, 0.1) is 10.0 Å². The molecule has 1 amide bonds. The fourth-order valence-corrected chi connectivity index (χ4v) is 5.25. The maximum absolute atomic E-state index is 12.6. The molecule has 5 nitrogen and oxygen atoms in total. The van der Waals surface area contributed by atoms with Crippen LogP contribution in [0.5, 0.6) is 0 Å². The average molecular weight is 549 g/mol. The zero-order valence-corrected chi connectivity index (χ0v) is 21.7. The number of anilines is 1. The van der Waals surface area contributed by atoms with Gasteiger partial charge in [0.1, 0.15) is 11.6 Å². The first-order valence-electron chi connectivity index (χ1n) is 11.6. The summed E-state index contributed by atoms with van der Waals surface area (Å²) in [6, 6.07) is 25.2. The first-order chi connectivity index (χ1) is 17.9. The lowest BCUT2D eigenvalue weighted by Crippen LogP contribution is -2.22. The highest BCUT2D eigenvalue weighted by molar-refractivity contribution is 6.42. The molecule has 2 atom stereocenters. The molecule has 3 aromatic carbocycles. The number of aromatic nitrogens is 1. The summed E-state index contributed by atoms with van der Waals surface area (Å²) in [7, 11) is 0. The van der Waals surface area contributed by atoms with Crippen molar-refractivity contribution >= 4 is 46.7 Å². The molecule has 37 heavy (non-hydrogen) atoms. The number of hydrogen-bond donors (Lipinski definition) is 1. The summed E-state index contributed by atoms with van der Waals surface area (Å²) in [6.45, 7) is 0. The zero-order valence-electron chi connectivity index (χ0n) is 19.4. The molecule has 8 heteroatoms. The Kier molecular flexibility index (Phi) is 7.34. The van der Waals surface area contributed by atoms with Crippen LogP contribution in [0.3, 0.4) is 0 Å². The molecule has 0 bridgehead atoms. The lowest BCUT2D eigenvalue weighted by Gasteiger charge is -2.29. The third-order valence-corrected chi connectivity index (χ3v) is 7.32. The van der Waals surface area contributed by atoms with E-state index < -0.39 is 11.7 Å². The normalized spacial score (nSPS) is 14.6. The summed E-state index contributed by atoms with van der Waals surface area (Å²) < 4.78 is 5.31. The van der Waals surface area contributed by atoms with E-state index in [2.05, 4.69) is 16.4 Å². The average Bonchev–Trinajstić information content (AvgIpc) is 2.90. The van der Waals surface area contributed by atoms with Gasteiger partial charge >= 0.3 is 6.09 Å². The number of benzene rings is 3. The van der Waals surface area contributed by atoms with Gasteiger partial charge in [0.2, 0.25) is 0 Å². The number of ether oxygens (including phenoxy) is 1. The van der Waals surface area contributed by atoms with Crippen molar-refractivity contribution in [1.82, 2.24) is 4.98 Å². The van der Waals surface area contributed by atoms with Gasteiger partial charge in [0, 0.05) is 24.1 Å². The molecular weight excluding hydrogens is 529 g/mol. The molecule has 1 aromatic heterocycles.